The van der Waals surface area contributed by atoms with E-state index in [0.717, 1.165) is 22.2 Å². The van der Waals surface area contributed by atoms with Crippen LogP contribution in [0, 0.1) is 3.57 Å². The highest BCUT2D eigenvalue weighted by atomic mass is 127. The number of aliphatic hydroxyl groups is 1. The van der Waals surface area contributed by atoms with Crippen LogP contribution in [0.25, 0.3) is 22.6 Å². The van der Waals surface area contributed by atoms with Crippen molar-refractivity contribution in [2.45, 2.75) is 6.61 Å². The smallest absolute Gasteiger partial charge is 0.227 e. The van der Waals surface area contributed by atoms with E-state index >= 15 is 0 Å². The minimum Gasteiger partial charge on any atom is -0.436 e. The fraction of sp³-hybridized carbons (Fsp3) is 0.0714. The summed E-state index contributed by atoms with van der Waals surface area (Å²) in [5, 5.41) is 9.09. The largest absolute Gasteiger partial charge is 0.436 e. The summed E-state index contributed by atoms with van der Waals surface area (Å²) in [5.41, 5.74) is 3.30. The summed E-state index contributed by atoms with van der Waals surface area (Å²) in [6, 6.07) is 13.5. The van der Waals surface area contributed by atoms with Crippen LogP contribution in [-0.4, -0.2) is 10.1 Å². The number of benzene rings is 2. The van der Waals surface area contributed by atoms with Gasteiger partial charge in [-0.3, -0.25) is 0 Å². The zero-order chi connectivity index (χ0) is 12.5. The molecule has 0 atom stereocenters. The van der Waals surface area contributed by atoms with Crippen LogP contribution in [-0.2, 0) is 6.61 Å². The molecule has 0 aliphatic carbocycles. The Bertz CT molecular complexity index is 689. The van der Waals surface area contributed by atoms with Gasteiger partial charge in [-0.15, -0.1) is 0 Å². The molecular weight excluding hydrogens is 341 g/mol. The highest BCUT2D eigenvalue weighted by Crippen LogP contribution is 2.25. The van der Waals surface area contributed by atoms with Crippen molar-refractivity contribution in [1.82, 2.24) is 4.98 Å². The zero-order valence-corrected chi connectivity index (χ0v) is 11.6. The van der Waals surface area contributed by atoms with Gasteiger partial charge in [-0.25, -0.2) is 4.98 Å². The first kappa shape index (κ1) is 11.7. The topological polar surface area (TPSA) is 46.3 Å². The third kappa shape index (κ3) is 2.13. The monoisotopic (exact) mass is 351 g/mol. The van der Waals surface area contributed by atoms with Crippen molar-refractivity contribution in [3.63, 3.8) is 0 Å². The van der Waals surface area contributed by atoms with Crippen molar-refractivity contribution in [3.8, 4) is 11.5 Å². The molecule has 0 bridgehead atoms. The second-order valence-corrected chi connectivity index (χ2v) is 5.23. The second-order valence-electron chi connectivity index (χ2n) is 3.99. The first-order chi connectivity index (χ1) is 8.76. The number of hydrogen-bond acceptors (Lipinski definition) is 3. The van der Waals surface area contributed by atoms with Crippen LogP contribution in [0.1, 0.15) is 5.56 Å². The molecule has 0 spiro atoms. The van der Waals surface area contributed by atoms with Crippen molar-refractivity contribution in [2.75, 3.05) is 0 Å². The van der Waals surface area contributed by atoms with Gasteiger partial charge in [0.25, 0.3) is 0 Å². The summed E-state index contributed by atoms with van der Waals surface area (Å²) in [4.78, 5) is 4.44. The van der Waals surface area contributed by atoms with Crippen LogP contribution in [0.15, 0.2) is 46.9 Å². The Hall–Kier alpha value is -1.40. The third-order valence-corrected chi connectivity index (χ3v) is 3.44. The van der Waals surface area contributed by atoms with Gasteiger partial charge < -0.3 is 9.52 Å². The Labute approximate surface area is 118 Å². The summed E-state index contributed by atoms with van der Waals surface area (Å²) < 4.78 is 6.87. The lowest BCUT2D eigenvalue weighted by molar-refractivity contribution is 0.282. The molecule has 3 rings (SSSR count). The minimum atomic E-state index is 0.0155. The molecule has 3 aromatic rings. The summed E-state index contributed by atoms with van der Waals surface area (Å²) >= 11 is 2.26. The molecule has 0 amide bonds. The Balaban J connectivity index is 2.10. The highest BCUT2D eigenvalue weighted by Gasteiger charge is 2.08. The average Bonchev–Trinajstić information content (AvgIpc) is 2.82. The number of halogens is 1. The Morgan fingerprint density at radius 1 is 1.11 bits per heavy atom. The summed E-state index contributed by atoms with van der Waals surface area (Å²) in [7, 11) is 0. The minimum absolute atomic E-state index is 0.0155. The summed E-state index contributed by atoms with van der Waals surface area (Å²) in [6.45, 7) is 0.0155. The van der Waals surface area contributed by atoms with Gasteiger partial charge in [0.05, 0.1) is 6.61 Å². The number of fused-ring (bicyclic) bond motifs is 1. The van der Waals surface area contributed by atoms with Crippen LogP contribution in [0.4, 0.5) is 0 Å². The van der Waals surface area contributed by atoms with Gasteiger partial charge in [0, 0.05) is 9.13 Å². The van der Waals surface area contributed by atoms with Gasteiger partial charge in [-0.05, 0) is 64.6 Å². The fourth-order valence-electron chi connectivity index (χ4n) is 1.79. The third-order valence-electron chi connectivity index (χ3n) is 2.73. The van der Waals surface area contributed by atoms with Crippen LogP contribution in [0.5, 0.6) is 0 Å². The fourth-order valence-corrected chi connectivity index (χ4v) is 2.15. The van der Waals surface area contributed by atoms with Crippen molar-refractivity contribution >= 4 is 33.7 Å². The number of aliphatic hydroxyl groups excluding tert-OH is 1. The molecular formula is C14H10INO2. The van der Waals surface area contributed by atoms with Gasteiger partial charge >= 0.3 is 0 Å². The van der Waals surface area contributed by atoms with Gasteiger partial charge in [0.1, 0.15) is 5.52 Å². The van der Waals surface area contributed by atoms with E-state index in [1.54, 1.807) is 0 Å². The van der Waals surface area contributed by atoms with E-state index in [0.29, 0.717) is 5.89 Å². The van der Waals surface area contributed by atoms with Gasteiger partial charge in [-0.2, -0.15) is 0 Å². The Morgan fingerprint density at radius 3 is 2.61 bits per heavy atom. The van der Waals surface area contributed by atoms with Gasteiger partial charge in [0.2, 0.25) is 5.89 Å². The first-order valence-electron chi connectivity index (χ1n) is 5.52. The standard InChI is InChI=1S/C14H10INO2/c15-11-4-2-10(3-5-11)14-16-12-7-9(8-17)1-6-13(12)18-14/h1-7,17H,8H2. The SMILES string of the molecule is OCc1ccc2oc(-c3ccc(I)cc3)nc2c1. The van der Waals surface area contributed by atoms with Crippen LogP contribution < -0.4 is 0 Å². The number of nitrogens with zero attached hydrogens (tertiary/aromatic N) is 1. The highest BCUT2D eigenvalue weighted by molar-refractivity contribution is 14.1. The number of hydrogen-bond donors (Lipinski definition) is 1. The molecule has 0 unspecified atom stereocenters. The van der Waals surface area contributed by atoms with Crippen molar-refractivity contribution < 1.29 is 9.52 Å². The van der Waals surface area contributed by atoms with E-state index in [4.69, 9.17) is 9.52 Å². The predicted molar refractivity (Wildman–Crippen MR) is 78.1 cm³/mol. The van der Waals surface area contributed by atoms with E-state index in [1.807, 2.05) is 42.5 Å². The van der Waals surface area contributed by atoms with Gasteiger partial charge in [-0.1, -0.05) is 6.07 Å². The summed E-state index contributed by atoms with van der Waals surface area (Å²) in [5.74, 6) is 0.608. The molecule has 0 radical (unpaired) electrons. The average molecular weight is 351 g/mol. The molecule has 2 aromatic carbocycles. The molecule has 0 saturated carbocycles. The van der Waals surface area contributed by atoms with Crippen molar-refractivity contribution in [1.29, 1.82) is 0 Å². The maximum absolute atomic E-state index is 9.09. The lowest BCUT2D eigenvalue weighted by atomic mass is 10.2. The number of oxazole rings is 1. The number of rotatable bonds is 2. The molecule has 0 fully saturated rings. The Kier molecular flexibility index (Phi) is 3.05. The van der Waals surface area contributed by atoms with Crippen LogP contribution >= 0.6 is 22.6 Å². The molecule has 1 heterocycles. The van der Waals surface area contributed by atoms with E-state index in [9.17, 15) is 0 Å². The quantitative estimate of drug-likeness (QED) is 0.718. The molecule has 0 aliphatic rings. The van der Waals surface area contributed by atoms with E-state index in [-0.39, 0.29) is 6.61 Å². The maximum atomic E-state index is 9.09. The van der Waals surface area contributed by atoms with E-state index in [1.165, 1.54) is 3.57 Å². The lowest BCUT2D eigenvalue weighted by Gasteiger charge is -1.94. The van der Waals surface area contributed by atoms with Crippen LogP contribution in [0.2, 0.25) is 0 Å². The predicted octanol–water partition coefficient (Wildman–Crippen LogP) is 3.59. The van der Waals surface area contributed by atoms with E-state index in [2.05, 4.69) is 27.6 Å². The Morgan fingerprint density at radius 2 is 1.89 bits per heavy atom. The molecule has 1 N–H and O–H groups in total. The van der Waals surface area contributed by atoms with Gasteiger partial charge in [0.15, 0.2) is 5.58 Å². The molecule has 3 nitrogen and oxygen atoms in total. The second kappa shape index (κ2) is 4.70. The molecule has 4 heteroatoms. The van der Waals surface area contributed by atoms with Crippen molar-refractivity contribution in [2.24, 2.45) is 0 Å². The van der Waals surface area contributed by atoms with Crippen molar-refractivity contribution in [3.05, 3.63) is 51.6 Å². The first-order valence-corrected chi connectivity index (χ1v) is 6.60. The lowest BCUT2D eigenvalue weighted by Crippen LogP contribution is -1.81. The van der Waals surface area contributed by atoms with Crippen LogP contribution in [0.3, 0.4) is 0 Å². The molecule has 0 saturated heterocycles. The molecule has 0 aliphatic heterocycles. The maximum Gasteiger partial charge on any atom is 0.227 e. The molecule has 90 valence electrons. The summed E-state index contributed by atoms with van der Waals surface area (Å²) in [6.07, 6.45) is 0. The molecule has 18 heavy (non-hydrogen) atoms. The van der Waals surface area contributed by atoms with E-state index < -0.39 is 0 Å². The zero-order valence-electron chi connectivity index (χ0n) is 9.43. The normalized spacial score (nSPS) is 11.0. The molecule has 1 aromatic heterocycles. The number of aromatic nitrogens is 1.